The van der Waals surface area contributed by atoms with Crippen LogP contribution in [0.15, 0.2) is 52.8 Å². The Balaban J connectivity index is 1.61. The number of nitrogens with zero attached hydrogens (tertiary/aromatic N) is 1. The third-order valence-electron chi connectivity index (χ3n) is 5.90. The third kappa shape index (κ3) is 4.85. The zero-order valence-electron chi connectivity index (χ0n) is 18.8. The van der Waals surface area contributed by atoms with Crippen LogP contribution in [0.5, 0.6) is 11.5 Å². The van der Waals surface area contributed by atoms with Crippen LogP contribution in [0.1, 0.15) is 42.5 Å². The molecule has 33 heavy (non-hydrogen) atoms. The number of aromatic amines is 1. The molecule has 3 aromatic rings. The van der Waals surface area contributed by atoms with Crippen molar-refractivity contribution in [2.24, 2.45) is 0 Å². The maximum atomic E-state index is 13.3. The molecule has 1 aliphatic carbocycles. The van der Waals surface area contributed by atoms with Crippen LogP contribution < -0.4 is 20.3 Å². The number of amides is 1. The molecule has 1 aromatic heterocycles. The van der Waals surface area contributed by atoms with Crippen molar-refractivity contribution in [3.63, 3.8) is 0 Å². The number of carbonyl (C=O) groups is 1. The van der Waals surface area contributed by atoms with Crippen molar-refractivity contribution in [3.8, 4) is 17.2 Å². The fourth-order valence-corrected chi connectivity index (χ4v) is 4.41. The summed E-state index contributed by atoms with van der Waals surface area (Å²) in [7, 11) is 3.08. The molecule has 0 aliphatic heterocycles. The molecule has 0 radical (unpaired) electrons. The molecule has 0 saturated carbocycles. The van der Waals surface area contributed by atoms with Crippen molar-refractivity contribution in [1.29, 1.82) is 0 Å². The van der Waals surface area contributed by atoms with E-state index < -0.39 is 0 Å². The Bertz CT molecular complexity index is 1340. The molecule has 172 valence electrons. The van der Waals surface area contributed by atoms with Crippen molar-refractivity contribution < 1.29 is 14.3 Å². The molecule has 0 bridgehead atoms. The molecule has 0 fully saturated rings. The summed E-state index contributed by atoms with van der Waals surface area (Å²) < 4.78 is 12.3. The fraction of sp³-hybridized carbons (Fsp3) is 0.320. The zero-order valence-corrected chi connectivity index (χ0v) is 19.6. The molecule has 8 heteroatoms. The molecule has 0 atom stereocenters. The summed E-state index contributed by atoms with van der Waals surface area (Å²) in [5.74, 6) is 0.891. The van der Waals surface area contributed by atoms with Crippen LogP contribution in [0.2, 0.25) is 0 Å². The Labute approximate surface area is 197 Å². The highest BCUT2D eigenvalue weighted by Crippen LogP contribution is 2.27. The Morgan fingerprint density at radius 1 is 1.15 bits per heavy atom. The number of ether oxygens (including phenoxy) is 2. The van der Waals surface area contributed by atoms with Gasteiger partial charge in [-0.3, -0.25) is 9.59 Å². The van der Waals surface area contributed by atoms with Gasteiger partial charge in [0.05, 0.1) is 30.8 Å². The molecular weight excluding hydrogens is 438 g/mol. The largest absolute Gasteiger partial charge is 0.497 e. The van der Waals surface area contributed by atoms with Crippen molar-refractivity contribution in [1.82, 2.24) is 14.9 Å². The minimum atomic E-state index is -0.298. The van der Waals surface area contributed by atoms with E-state index in [4.69, 9.17) is 21.7 Å². The molecule has 0 spiro atoms. The van der Waals surface area contributed by atoms with Gasteiger partial charge in [-0.2, -0.15) is 0 Å². The third-order valence-corrected chi connectivity index (χ3v) is 6.19. The molecule has 0 unspecified atom stereocenters. The zero-order chi connectivity index (χ0) is 23.4. The summed E-state index contributed by atoms with van der Waals surface area (Å²) in [5, 5.41) is 3.39. The van der Waals surface area contributed by atoms with E-state index in [2.05, 4.69) is 16.4 Å². The minimum Gasteiger partial charge on any atom is -0.497 e. The number of H-pyrrole nitrogens is 1. The predicted molar refractivity (Wildman–Crippen MR) is 131 cm³/mol. The average molecular weight is 466 g/mol. The van der Waals surface area contributed by atoms with E-state index in [-0.39, 0.29) is 16.2 Å². The number of aromatic nitrogens is 2. The fourth-order valence-electron chi connectivity index (χ4n) is 4.12. The van der Waals surface area contributed by atoms with E-state index in [1.54, 1.807) is 43.5 Å². The van der Waals surface area contributed by atoms with Gasteiger partial charge in [0.15, 0.2) is 4.77 Å². The molecular formula is C25H27N3O4S. The second kappa shape index (κ2) is 10.0. The van der Waals surface area contributed by atoms with Gasteiger partial charge >= 0.3 is 0 Å². The number of allylic oxidation sites excluding steroid dienone is 1. The SMILES string of the molecule is COc1ccc(-n2c(=S)[nH]c3cc(C(=O)NCCC4=CCCCC4)ccc3c2=O)c(OC)c1. The first kappa shape index (κ1) is 22.8. The highest BCUT2D eigenvalue weighted by atomic mass is 32.1. The normalized spacial score (nSPS) is 13.5. The Morgan fingerprint density at radius 2 is 2.00 bits per heavy atom. The van der Waals surface area contributed by atoms with Crippen LogP contribution in [-0.4, -0.2) is 36.2 Å². The van der Waals surface area contributed by atoms with Gasteiger partial charge in [-0.15, -0.1) is 0 Å². The predicted octanol–water partition coefficient (Wildman–Crippen LogP) is 4.69. The lowest BCUT2D eigenvalue weighted by atomic mass is 9.97. The Hall–Kier alpha value is -3.39. The smallest absolute Gasteiger partial charge is 0.266 e. The number of hydrogen-bond donors (Lipinski definition) is 2. The van der Waals surface area contributed by atoms with Crippen molar-refractivity contribution in [2.75, 3.05) is 20.8 Å². The highest BCUT2D eigenvalue weighted by Gasteiger charge is 2.15. The number of methoxy groups -OCH3 is 2. The van der Waals surface area contributed by atoms with Crippen LogP contribution in [0, 0.1) is 4.77 Å². The van der Waals surface area contributed by atoms with Gasteiger partial charge in [-0.05, 0) is 74.7 Å². The lowest BCUT2D eigenvalue weighted by Crippen LogP contribution is -2.25. The van der Waals surface area contributed by atoms with Crippen molar-refractivity contribution in [2.45, 2.75) is 32.1 Å². The molecule has 1 aliphatic rings. The maximum Gasteiger partial charge on any atom is 0.266 e. The van der Waals surface area contributed by atoms with E-state index in [1.807, 2.05) is 0 Å². The van der Waals surface area contributed by atoms with Gasteiger partial charge in [-0.25, -0.2) is 4.57 Å². The van der Waals surface area contributed by atoms with E-state index in [9.17, 15) is 9.59 Å². The van der Waals surface area contributed by atoms with E-state index >= 15 is 0 Å². The minimum absolute atomic E-state index is 0.173. The van der Waals surface area contributed by atoms with Crippen LogP contribution in [0.3, 0.4) is 0 Å². The van der Waals surface area contributed by atoms with Gasteiger partial charge in [0.25, 0.3) is 11.5 Å². The quantitative estimate of drug-likeness (QED) is 0.391. The molecule has 7 nitrogen and oxygen atoms in total. The second-order valence-corrected chi connectivity index (χ2v) is 8.37. The molecule has 1 amide bonds. The maximum absolute atomic E-state index is 13.3. The van der Waals surface area contributed by atoms with Crippen molar-refractivity contribution >= 4 is 29.0 Å². The molecule has 1 heterocycles. The van der Waals surface area contributed by atoms with Gasteiger partial charge in [-0.1, -0.05) is 11.6 Å². The number of carbonyl (C=O) groups excluding carboxylic acids is 1. The number of nitrogens with one attached hydrogen (secondary N) is 2. The highest BCUT2D eigenvalue weighted by molar-refractivity contribution is 7.71. The van der Waals surface area contributed by atoms with Crippen LogP contribution in [-0.2, 0) is 0 Å². The van der Waals surface area contributed by atoms with E-state index in [0.29, 0.717) is 40.2 Å². The molecule has 0 saturated heterocycles. The van der Waals surface area contributed by atoms with E-state index in [1.165, 1.54) is 30.1 Å². The van der Waals surface area contributed by atoms with E-state index in [0.717, 1.165) is 19.3 Å². The standard InChI is InChI=1S/C25H27N3O4S/c1-31-18-9-11-21(22(15-18)32-2)28-24(30)19-10-8-17(14-20(19)27-25(28)33)23(29)26-13-12-16-6-4-3-5-7-16/h6,8-11,14-15H,3-5,7,12-13H2,1-2H3,(H,26,29)(H,27,33). The summed E-state index contributed by atoms with van der Waals surface area (Å²) in [6.07, 6.45) is 7.89. The Morgan fingerprint density at radius 3 is 2.73 bits per heavy atom. The first-order valence-corrected chi connectivity index (χ1v) is 11.4. The summed E-state index contributed by atoms with van der Waals surface area (Å²) in [5.41, 5.74) is 2.61. The molecule has 4 rings (SSSR count). The summed E-state index contributed by atoms with van der Waals surface area (Å²) in [6.45, 7) is 0.595. The first-order chi connectivity index (χ1) is 16.0. The second-order valence-electron chi connectivity index (χ2n) is 7.98. The van der Waals surface area contributed by atoms with Gasteiger partial charge in [0.2, 0.25) is 0 Å². The van der Waals surface area contributed by atoms with Crippen LogP contribution in [0.4, 0.5) is 0 Å². The monoisotopic (exact) mass is 465 g/mol. The summed E-state index contributed by atoms with van der Waals surface area (Å²) in [4.78, 5) is 29.0. The van der Waals surface area contributed by atoms with Gasteiger partial charge < -0.3 is 19.8 Å². The average Bonchev–Trinajstić information content (AvgIpc) is 2.84. The van der Waals surface area contributed by atoms with Crippen LogP contribution >= 0.6 is 12.2 Å². The first-order valence-electron chi connectivity index (χ1n) is 11.0. The molecule has 2 aromatic carbocycles. The molecule has 2 N–H and O–H groups in total. The number of hydrogen-bond acceptors (Lipinski definition) is 5. The van der Waals surface area contributed by atoms with Gasteiger partial charge in [0, 0.05) is 18.2 Å². The van der Waals surface area contributed by atoms with Crippen LogP contribution in [0.25, 0.3) is 16.6 Å². The number of fused-ring (bicyclic) bond motifs is 1. The van der Waals surface area contributed by atoms with Crippen molar-refractivity contribution in [3.05, 3.63) is 68.7 Å². The summed E-state index contributed by atoms with van der Waals surface area (Å²) in [6, 6.07) is 10.1. The number of benzene rings is 2. The lowest BCUT2D eigenvalue weighted by Gasteiger charge is -2.14. The topological polar surface area (TPSA) is 85.4 Å². The Kier molecular flexibility index (Phi) is 6.93. The lowest BCUT2D eigenvalue weighted by molar-refractivity contribution is 0.0954. The summed E-state index contributed by atoms with van der Waals surface area (Å²) >= 11 is 5.48. The number of rotatable bonds is 7. The van der Waals surface area contributed by atoms with Gasteiger partial charge in [0.1, 0.15) is 11.5 Å².